The van der Waals surface area contributed by atoms with Gasteiger partial charge in [0.1, 0.15) is 0 Å². The van der Waals surface area contributed by atoms with Crippen molar-refractivity contribution in [2.24, 2.45) is 0 Å². The summed E-state index contributed by atoms with van der Waals surface area (Å²) in [4.78, 5) is 16.4. The van der Waals surface area contributed by atoms with Gasteiger partial charge in [-0.05, 0) is 55.3 Å². The fraction of sp³-hybridized carbons (Fsp3) is 0.435. The van der Waals surface area contributed by atoms with Crippen LogP contribution in [0.15, 0.2) is 48.5 Å². The van der Waals surface area contributed by atoms with Crippen LogP contribution in [-0.2, 0) is 10.0 Å². The van der Waals surface area contributed by atoms with Gasteiger partial charge < -0.3 is 15.1 Å². The van der Waals surface area contributed by atoms with Gasteiger partial charge in [0.25, 0.3) is 5.91 Å². The molecule has 0 aromatic heterocycles. The van der Waals surface area contributed by atoms with E-state index in [2.05, 4.69) is 35.3 Å². The van der Waals surface area contributed by atoms with E-state index in [1.165, 1.54) is 5.56 Å². The van der Waals surface area contributed by atoms with Crippen LogP contribution < -0.4 is 15.1 Å². The highest BCUT2D eigenvalue weighted by Crippen LogP contribution is 2.19. The van der Waals surface area contributed by atoms with Crippen molar-refractivity contribution in [1.82, 2.24) is 9.62 Å². The molecule has 0 saturated carbocycles. The molecular weight excluding hydrogens is 412 g/mol. The van der Waals surface area contributed by atoms with E-state index < -0.39 is 10.0 Å². The quantitative estimate of drug-likeness (QED) is 0.633. The second-order valence-corrected chi connectivity index (χ2v) is 10.2. The van der Waals surface area contributed by atoms with Crippen molar-refractivity contribution < 1.29 is 13.2 Å². The molecule has 1 heterocycles. The van der Waals surface area contributed by atoms with E-state index in [0.717, 1.165) is 11.4 Å². The van der Waals surface area contributed by atoms with Gasteiger partial charge >= 0.3 is 0 Å². The van der Waals surface area contributed by atoms with Crippen molar-refractivity contribution in [2.75, 3.05) is 62.4 Å². The molecule has 2 aromatic carbocycles. The minimum Gasteiger partial charge on any atom is -0.378 e. The number of carbonyl (C=O) groups is 1. The minimum atomic E-state index is -3.32. The zero-order valence-corrected chi connectivity index (χ0v) is 19.4. The molecule has 1 amide bonds. The largest absolute Gasteiger partial charge is 0.378 e. The Morgan fingerprint density at radius 3 is 2.32 bits per heavy atom. The summed E-state index contributed by atoms with van der Waals surface area (Å²) in [6.07, 6.45) is 0.391. The molecule has 0 bridgehead atoms. The first-order chi connectivity index (χ1) is 14.8. The number of carbonyl (C=O) groups excluding carboxylic acids is 1. The van der Waals surface area contributed by atoms with Gasteiger partial charge in [-0.15, -0.1) is 0 Å². The highest BCUT2D eigenvalue weighted by Gasteiger charge is 2.26. The summed E-state index contributed by atoms with van der Waals surface area (Å²) >= 11 is 0. The van der Waals surface area contributed by atoms with Gasteiger partial charge in [-0.3, -0.25) is 4.79 Å². The fourth-order valence-electron chi connectivity index (χ4n) is 3.65. The second-order valence-electron chi connectivity index (χ2n) is 8.09. The van der Waals surface area contributed by atoms with Crippen molar-refractivity contribution in [2.45, 2.75) is 13.3 Å². The normalized spacial score (nSPS) is 15.0. The molecule has 7 nitrogen and oxygen atoms in total. The van der Waals surface area contributed by atoms with E-state index in [-0.39, 0.29) is 11.7 Å². The summed E-state index contributed by atoms with van der Waals surface area (Å²) in [5.74, 6) is -0.147. The Kier molecular flexibility index (Phi) is 7.56. The molecule has 0 aliphatic carbocycles. The highest BCUT2D eigenvalue weighted by atomic mass is 32.2. The van der Waals surface area contributed by atoms with Crippen molar-refractivity contribution in [3.63, 3.8) is 0 Å². The standard InChI is InChI=1S/C23H32N4O3S/c1-19-6-4-7-22(18-19)26-13-15-27(16-14-26)31(29,30)17-5-12-24-23(28)20-8-10-21(11-9-20)25(2)3/h4,6-11,18H,5,12-17H2,1-3H3,(H,24,28). The van der Waals surface area contributed by atoms with E-state index in [1.807, 2.05) is 37.2 Å². The van der Waals surface area contributed by atoms with Gasteiger partial charge in [0.15, 0.2) is 0 Å². The van der Waals surface area contributed by atoms with Crippen LogP contribution in [0.5, 0.6) is 0 Å². The number of hydrogen-bond donors (Lipinski definition) is 1. The van der Waals surface area contributed by atoms with E-state index in [4.69, 9.17) is 0 Å². The first-order valence-electron chi connectivity index (χ1n) is 10.6. The molecule has 1 saturated heterocycles. The average molecular weight is 445 g/mol. The molecule has 2 aromatic rings. The first kappa shape index (κ1) is 23.1. The van der Waals surface area contributed by atoms with Crippen LogP contribution in [0.3, 0.4) is 0 Å². The zero-order chi connectivity index (χ0) is 22.4. The monoisotopic (exact) mass is 444 g/mol. The number of sulfonamides is 1. The van der Waals surface area contributed by atoms with Gasteiger partial charge in [-0.2, -0.15) is 4.31 Å². The predicted molar refractivity (Wildman–Crippen MR) is 126 cm³/mol. The number of rotatable bonds is 8. The van der Waals surface area contributed by atoms with Crippen LogP contribution in [0.4, 0.5) is 11.4 Å². The number of nitrogens with zero attached hydrogens (tertiary/aromatic N) is 3. The van der Waals surface area contributed by atoms with Crippen molar-refractivity contribution in [3.8, 4) is 0 Å². The third-order valence-corrected chi connectivity index (χ3v) is 7.47. The van der Waals surface area contributed by atoms with Crippen molar-refractivity contribution >= 4 is 27.3 Å². The van der Waals surface area contributed by atoms with Gasteiger partial charge in [0.2, 0.25) is 10.0 Å². The summed E-state index contributed by atoms with van der Waals surface area (Å²) in [6, 6.07) is 15.6. The van der Waals surface area contributed by atoms with Crippen LogP contribution in [0.25, 0.3) is 0 Å². The number of amides is 1. The lowest BCUT2D eigenvalue weighted by Gasteiger charge is -2.35. The number of nitrogens with one attached hydrogen (secondary N) is 1. The topological polar surface area (TPSA) is 73.0 Å². The third-order valence-electron chi connectivity index (χ3n) is 5.51. The highest BCUT2D eigenvalue weighted by molar-refractivity contribution is 7.89. The molecule has 1 N–H and O–H groups in total. The second kappa shape index (κ2) is 10.2. The summed E-state index contributed by atoms with van der Waals surface area (Å²) in [7, 11) is 0.560. The Hall–Kier alpha value is -2.58. The molecule has 1 fully saturated rings. The molecule has 0 unspecified atom stereocenters. The lowest BCUT2D eigenvalue weighted by atomic mass is 10.2. The first-order valence-corrected chi connectivity index (χ1v) is 12.2. The summed E-state index contributed by atoms with van der Waals surface area (Å²) in [5.41, 5.74) is 3.92. The van der Waals surface area contributed by atoms with Crippen LogP contribution in [0, 0.1) is 6.92 Å². The van der Waals surface area contributed by atoms with Crippen LogP contribution in [0.2, 0.25) is 0 Å². The zero-order valence-electron chi connectivity index (χ0n) is 18.5. The summed E-state index contributed by atoms with van der Waals surface area (Å²) in [6.45, 7) is 4.73. The molecule has 3 rings (SSSR count). The smallest absolute Gasteiger partial charge is 0.251 e. The Morgan fingerprint density at radius 2 is 1.71 bits per heavy atom. The molecule has 8 heteroatoms. The van der Waals surface area contributed by atoms with Crippen LogP contribution in [-0.4, -0.2) is 71.2 Å². The lowest BCUT2D eigenvalue weighted by Crippen LogP contribution is -2.49. The molecule has 0 spiro atoms. The molecule has 0 atom stereocenters. The molecule has 168 valence electrons. The number of aryl methyl sites for hydroxylation is 1. The van der Waals surface area contributed by atoms with Gasteiger partial charge in [0, 0.05) is 63.8 Å². The molecule has 1 aliphatic heterocycles. The maximum atomic E-state index is 12.7. The Morgan fingerprint density at radius 1 is 1.03 bits per heavy atom. The Bertz CT molecular complexity index is 982. The molecular formula is C23H32N4O3S. The summed E-state index contributed by atoms with van der Waals surface area (Å²) < 4.78 is 26.9. The van der Waals surface area contributed by atoms with Gasteiger partial charge in [0.05, 0.1) is 5.75 Å². The van der Waals surface area contributed by atoms with Crippen LogP contribution in [0.1, 0.15) is 22.3 Å². The molecule has 0 radical (unpaired) electrons. The van der Waals surface area contributed by atoms with Crippen LogP contribution >= 0.6 is 0 Å². The van der Waals surface area contributed by atoms with Crippen molar-refractivity contribution in [1.29, 1.82) is 0 Å². The number of hydrogen-bond acceptors (Lipinski definition) is 5. The Labute approximate surface area is 185 Å². The van der Waals surface area contributed by atoms with Gasteiger partial charge in [-0.1, -0.05) is 12.1 Å². The summed E-state index contributed by atoms with van der Waals surface area (Å²) in [5, 5.41) is 2.81. The van der Waals surface area contributed by atoms with Crippen molar-refractivity contribution in [3.05, 3.63) is 59.7 Å². The minimum absolute atomic E-state index is 0.0390. The number of piperazine rings is 1. The Balaban J connectivity index is 1.42. The van der Waals surface area contributed by atoms with E-state index >= 15 is 0 Å². The maximum absolute atomic E-state index is 12.7. The molecule has 31 heavy (non-hydrogen) atoms. The third kappa shape index (κ3) is 6.21. The maximum Gasteiger partial charge on any atom is 0.251 e. The molecule has 1 aliphatic rings. The van der Waals surface area contributed by atoms with E-state index in [1.54, 1.807) is 16.4 Å². The lowest BCUT2D eigenvalue weighted by molar-refractivity contribution is 0.0953. The fourth-order valence-corrected chi connectivity index (χ4v) is 5.13. The predicted octanol–water partition coefficient (Wildman–Crippen LogP) is 2.33. The number of benzene rings is 2. The van der Waals surface area contributed by atoms with E-state index in [0.29, 0.717) is 44.7 Å². The van der Waals surface area contributed by atoms with Gasteiger partial charge in [-0.25, -0.2) is 8.42 Å². The number of anilines is 2. The average Bonchev–Trinajstić information content (AvgIpc) is 2.77. The van der Waals surface area contributed by atoms with E-state index in [9.17, 15) is 13.2 Å². The SMILES string of the molecule is Cc1cccc(N2CCN(S(=O)(=O)CCCNC(=O)c3ccc(N(C)C)cc3)CC2)c1.